The molecule has 0 atom stereocenters. The number of aryl methyl sites for hydroxylation is 2. The third kappa shape index (κ3) is 4.71. The molecule has 0 saturated carbocycles. The second-order valence-electron chi connectivity index (χ2n) is 6.18. The van der Waals surface area contributed by atoms with Gasteiger partial charge in [-0.25, -0.2) is 0 Å². The lowest BCUT2D eigenvalue weighted by molar-refractivity contribution is -0.116. The van der Waals surface area contributed by atoms with Crippen LogP contribution in [-0.4, -0.2) is 20.6 Å². The molecule has 2 aromatic heterocycles. The fraction of sp³-hybridized carbons (Fsp3) is 0.263. The first kappa shape index (κ1) is 19.0. The Labute approximate surface area is 164 Å². The fourth-order valence-corrected chi connectivity index (χ4v) is 3.14. The fourth-order valence-electron chi connectivity index (χ4n) is 2.54. The third-order valence-electron chi connectivity index (χ3n) is 3.88. The van der Waals surface area contributed by atoms with Crippen molar-refractivity contribution in [2.75, 3.05) is 5.32 Å². The number of rotatable bonds is 6. The minimum absolute atomic E-state index is 0.122. The standard InChI is InChI=1S/C19H19BrN4O3/c1-3-4-16-22-19(27-23-16)13-6-8-18(26)24(10-13)11-17(25)21-15-7-5-12(2)9-14(15)20/h5-10H,3-4,11H2,1-2H3,(H,21,25). The predicted octanol–water partition coefficient (Wildman–Crippen LogP) is 3.56. The normalized spacial score (nSPS) is 10.8. The third-order valence-corrected chi connectivity index (χ3v) is 4.54. The van der Waals surface area contributed by atoms with Gasteiger partial charge in [0.2, 0.25) is 5.91 Å². The number of carbonyl (C=O) groups is 1. The van der Waals surface area contributed by atoms with Crippen molar-refractivity contribution in [3.8, 4) is 11.5 Å². The van der Waals surface area contributed by atoms with Gasteiger partial charge in [0, 0.05) is 23.2 Å². The average Bonchev–Trinajstić information content (AvgIpc) is 3.08. The van der Waals surface area contributed by atoms with Crippen molar-refractivity contribution in [2.24, 2.45) is 0 Å². The summed E-state index contributed by atoms with van der Waals surface area (Å²) in [5, 5.41) is 6.71. The topological polar surface area (TPSA) is 90.0 Å². The maximum Gasteiger partial charge on any atom is 0.259 e. The number of hydrogen-bond acceptors (Lipinski definition) is 5. The maximum absolute atomic E-state index is 12.4. The Kier molecular flexibility index (Phi) is 5.85. The lowest BCUT2D eigenvalue weighted by atomic mass is 10.2. The van der Waals surface area contributed by atoms with Crippen LogP contribution >= 0.6 is 15.9 Å². The highest BCUT2D eigenvalue weighted by Crippen LogP contribution is 2.23. The molecule has 3 rings (SSSR count). The summed E-state index contributed by atoms with van der Waals surface area (Å²) in [6, 6.07) is 8.61. The zero-order valence-corrected chi connectivity index (χ0v) is 16.6. The summed E-state index contributed by atoms with van der Waals surface area (Å²) >= 11 is 3.42. The number of carbonyl (C=O) groups excluding carboxylic acids is 1. The van der Waals surface area contributed by atoms with E-state index in [0.29, 0.717) is 23.0 Å². The van der Waals surface area contributed by atoms with E-state index in [-0.39, 0.29) is 18.0 Å². The first-order valence-electron chi connectivity index (χ1n) is 8.55. The Balaban J connectivity index is 1.77. The zero-order chi connectivity index (χ0) is 19.4. The van der Waals surface area contributed by atoms with E-state index >= 15 is 0 Å². The molecule has 8 heteroatoms. The zero-order valence-electron chi connectivity index (χ0n) is 15.0. The molecule has 0 unspecified atom stereocenters. The molecule has 0 fully saturated rings. The Morgan fingerprint density at radius 2 is 2.11 bits per heavy atom. The van der Waals surface area contributed by atoms with Crippen LogP contribution in [0.3, 0.4) is 0 Å². The minimum atomic E-state index is -0.309. The summed E-state index contributed by atoms with van der Waals surface area (Å²) in [6.07, 6.45) is 3.18. The average molecular weight is 431 g/mol. The molecule has 0 aliphatic rings. The first-order chi connectivity index (χ1) is 13.0. The minimum Gasteiger partial charge on any atom is -0.334 e. The highest BCUT2D eigenvalue weighted by molar-refractivity contribution is 9.10. The molecule has 0 spiro atoms. The van der Waals surface area contributed by atoms with Crippen LogP contribution < -0.4 is 10.9 Å². The SMILES string of the molecule is CCCc1noc(-c2ccc(=O)n(CC(=O)Nc3ccc(C)cc3Br)c2)n1. The molecule has 1 aromatic carbocycles. The van der Waals surface area contributed by atoms with Crippen molar-refractivity contribution in [1.29, 1.82) is 0 Å². The molecule has 0 saturated heterocycles. The van der Waals surface area contributed by atoms with Crippen molar-refractivity contribution in [2.45, 2.75) is 33.2 Å². The van der Waals surface area contributed by atoms with E-state index in [9.17, 15) is 9.59 Å². The molecular formula is C19H19BrN4O3. The molecule has 1 N–H and O–H groups in total. The molecule has 3 aromatic rings. The molecule has 27 heavy (non-hydrogen) atoms. The lowest BCUT2D eigenvalue weighted by Crippen LogP contribution is -2.27. The number of anilines is 1. The molecular weight excluding hydrogens is 412 g/mol. The molecule has 0 aliphatic heterocycles. The lowest BCUT2D eigenvalue weighted by Gasteiger charge is -2.10. The Bertz CT molecular complexity index is 1030. The van der Waals surface area contributed by atoms with Gasteiger partial charge in [-0.1, -0.05) is 18.1 Å². The van der Waals surface area contributed by atoms with Crippen LogP contribution in [0.5, 0.6) is 0 Å². The second-order valence-corrected chi connectivity index (χ2v) is 7.04. The van der Waals surface area contributed by atoms with Crippen LogP contribution in [0.15, 0.2) is 50.3 Å². The van der Waals surface area contributed by atoms with E-state index < -0.39 is 0 Å². The largest absolute Gasteiger partial charge is 0.334 e. The number of hydrogen-bond donors (Lipinski definition) is 1. The van der Waals surface area contributed by atoms with Crippen LogP contribution in [0.1, 0.15) is 24.7 Å². The van der Waals surface area contributed by atoms with Crippen molar-refractivity contribution >= 4 is 27.5 Å². The highest BCUT2D eigenvalue weighted by atomic mass is 79.9. The Morgan fingerprint density at radius 1 is 1.30 bits per heavy atom. The van der Waals surface area contributed by atoms with Gasteiger partial charge >= 0.3 is 0 Å². The Morgan fingerprint density at radius 3 is 2.85 bits per heavy atom. The van der Waals surface area contributed by atoms with Gasteiger partial charge in [0.25, 0.3) is 11.4 Å². The van der Waals surface area contributed by atoms with Gasteiger partial charge in [0.1, 0.15) is 6.54 Å². The first-order valence-corrected chi connectivity index (χ1v) is 9.35. The van der Waals surface area contributed by atoms with E-state index in [1.165, 1.54) is 10.6 Å². The van der Waals surface area contributed by atoms with Gasteiger partial charge in [0.05, 0.1) is 11.3 Å². The number of aromatic nitrogens is 3. The van der Waals surface area contributed by atoms with Crippen molar-refractivity contribution in [3.63, 3.8) is 0 Å². The van der Waals surface area contributed by atoms with E-state index in [1.807, 2.05) is 32.0 Å². The van der Waals surface area contributed by atoms with Crippen LogP contribution in [0.25, 0.3) is 11.5 Å². The molecule has 0 aliphatic carbocycles. The summed E-state index contributed by atoms with van der Waals surface area (Å²) < 4.78 is 7.34. The summed E-state index contributed by atoms with van der Waals surface area (Å²) in [7, 11) is 0. The van der Waals surface area contributed by atoms with E-state index in [0.717, 1.165) is 22.9 Å². The predicted molar refractivity (Wildman–Crippen MR) is 105 cm³/mol. The van der Waals surface area contributed by atoms with Gasteiger partial charge in [-0.15, -0.1) is 0 Å². The molecule has 140 valence electrons. The van der Waals surface area contributed by atoms with Crippen LogP contribution in [0.4, 0.5) is 5.69 Å². The molecule has 2 heterocycles. The molecule has 0 radical (unpaired) electrons. The van der Waals surface area contributed by atoms with Crippen molar-refractivity contribution in [1.82, 2.24) is 14.7 Å². The number of benzene rings is 1. The highest BCUT2D eigenvalue weighted by Gasteiger charge is 2.12. The van der Waals surface area contributed by atoms with Gasteiger partial charge in [-0.2, -0.15) is 4.98 Å². The monoisotopic (exact) mass is 430 g/mol. The number of amides is 1. The Hall–Kier alpha value is -2.74. The van der Waals surface area contributed by atoms with Gasteiger partial charge in [0.15, 0.2) is 5.82 Å². The number of pyridine rings is 1. The molecule has 7 nitrogen and oxygen atoms in total. The number of nitrogens with one attached hydrogen (secondary N) is 1. The van der Waals surface area contributed by atoms with Crippen LogP contribution in [0.2, 0.25) is 0 Å². The van der Waals surface area contributed by atoms with E-state index in [4.69, 9.17) is 4.52 Å². The second kappa shape index (κ2) is 8.30. The number of halogens is 1. The van der Waals surface area contributed by atoms with E-state index in [2.05, 4.69) is 31.4 Å². The molecule has 1 amide bonds. The smallest absolute Gasteiger partial charge is 0.259 e. The summed E-state index contributed by atoms with van der Waals surface area (Å²) in [4.78, 5) is 28.8. The molecule has 0 bridgehead atoms. The summed E-state index contributed by atoms with van der Waals surface area (Å²) in [5.41, 5.74) is 2.03. The van der Waals surface area contributed by atoms with Crippen LogP contribution in [-0.2, 0) is 17.8 Å². The van der Waals surface area contributed by atoms with Gasteiger partial charge < -0.3 is 14.4 Å². The van der Waals surface area contributed by atoms with Gasteiger partial charge in [-0.05, 0) is 53.0 Å². The number of nitrogens with zero attached hydrogens (tertiary/aromatic N) is 3. The van der Waals surface area contributed by atoms with E-state index in [1.54, 1.807) is 12.3 Å². The van der Waals surface area contributed by atoms with Crippen molar-refractivity contribution < 1.29 is 9.32 Å². The summed E-state index contributed by atoms with van der Waals surface area (Å²) in [6.45, 7) is 3.87. The van der Waals surface area contributed by atoms with Crippen molar-refractivity contribution in [3.05, 3.63) is 62.7 Å². The van der Waals surface area contributed by atoms with Crippen LogP contribution in [0, 0.1) is 6.92 Å². The van der Waals surface area contributed by atoms with Gasteiger partial charge in [-0.3, -0.25) is 9.59 Å². The maximum atomic E-state index is 12.4. The quantitative estimate of drug-likeness (QED) is 0.645. The summed E-state index contributed by atoms with van der Waals surface area (Å²) in [5.74, 6) is 0.636.